The van der Waals surface area contributed by atoms with Gasteiger partial charge in [0.25, 0.3) is 5.56 Å². The van der Waals surface area contributed by atoms with Gasteiger partial charge in [0.2, 0.25) is 5.95 Å². The minimum atomic E-state index is -0.204. The average molecular weight is 342 g/mol. The van der Waals surface area contributed by atoms with Crippen molar-refractivity contribution >= 4 is 5.95 Å². The fourth-order valence-electron chi connectivity index (χ4n) is 3.82. The lowest BCUT2D eigenvalue weighted by molar-refractivity contribution is 0.326. The monoisotopic (exact) mass is 342 g/mol. The van der Waals surface area contributed by atoms with Crippen LogP contribution in [0.2, 0.25) is 0 Å². The summed E-state index contributed by atoms with van der Waals surface area (Å²) in [7, 11) is 0. The van der Waals surface area contributed by atoms with Crippen molar-refractivity contribution in [2.75, 3.05) is 31.1 Å². The van der Waals surface area contributed by atoms with E-state index in [-0.39, 0.29) is 17.3 Å². The highest BCUT2D eigenvalue weighted by Crippen LogP contribution is 2.27. The van der Waals surface area contributed by atoms with Gasteiger partial charge in [0.15, 0.2) is 0 Å². The molecular formula is C19H23FN4O. The molecule has 0 bridgehead atoms. The number of rotatable bonds is 4. The largest absolute Gasteiger partial charge is 0.342 e. The SMILES string of the molecule is O=c1cc([C@@H]2CCN(Cc3ccc(F)cc3)C2)nc(N2CCCC2)[nH]1. The molecule has 0 radical (unpaired) electrons. The van der Waals surface area contributed by atoms with Gasteiger partial charge in [-0.3, -0.25) is 14.7 Å². The zero-order valence-corrected chi connectivity index (χ0v) is 14.2. The van der Waals surface area contributed by atoms with Crippen LogP contribution in [0.3, 0.4) is 0 Å². The van der Waals surface area contributed by atoms with Crippen LogP contribution in [0.4, 0.5) is 10.3 Å². The van der Waals surface area contributed by atoms with Gasteiger partial charge in [0, 0.05) is 38.2 Å². The standard InChI is InChI=1S/C19H23FN4O/c20-16-5-3-14(4-6-16)12-23-10-7-15(13-23)17-11-18(25)22-19(21-17)24-8-1-2-9-24/h3-6,11,15H,1-2,7-10,12-13H2,(H,21,22,25)/t15-/m1/s1. The second-order valence-electron chi connectivity index (χ2n) is 7.04. The zero-order valence-electron chi connectivity index (χ0n) is 14.2. The lowest BCUT2D eigenvalue weighted by atomic mass is 10.0. The van der Waals surface area contributed by atoms with Gasteiger partial charge in [-0.25, -0.2) is 9.37 Å². The predicted molar refractivity (Wildman–Crippen MR) is 95.3 cm³/mol. The Hall–Kier alpha value is -2.21. The van der Waals surface area contributed by atoms with Gasteiger partial charge in [-0.15, -0.1) is 0 Å². The van der Waals surface area contributed by atoms with E-state index < -0.39 is 0 Å². The van der Waals surface area contributed by atoms with Crippen molar-refractivity contribution in [3.8, 4) is 0 Å². The van der Waals surface area contributed by atoms with Crippen molar-refractivity contribution in [1.82, 2.24) is 14.9 Å². The van der Waals surface area contributed by atoms with E-state index in [9.17, 15) is 9.18 Å². The Kier molecular flexibility index (Phi) is 4.53. The summed E-state index contributed by atoms with van der Waals surface area (Å²) < 4.78 is 13.0. The molecule has 0 spiro atoms. The first-order valence-electron chi connectivity index (χ1n) is 9.00. The number of nitrogens with zero attached hydrogens (tertiary/aromatic N) is 3. The Balaban J connectivity index is 1.46. The van der Waals surface area contributed by atoms with E-state index in [1.807, 2.05) is 12.1 Å². The number of anilines is 1. The second-order valence-corrected chi connectivity index (χ2v) is 7.04. The van der Waals surface area contributed by atoms with Gasteiger partial charge < -0.3 is 4.90 Å². The van der Waals surface area contributed by atoms with Gasteiger partial charge in [0.1, 0.15) is 5.82 Å². The van der Waals surface area contributed by atoms with Crippen LogP contribution in [0.5, 0.6) is 0 Å². The van der Waals surface area contributed by atoms with Crippen molar-refractivity contribution in [2.45, 2.75) is 31.7 Å². The lowest BCUT2D eigenvalue weighted by Gasteiger charge is -2.18. The highest BCUT2D eigenvalue weighted by Gasteiger charge is 2.26. The van der Waals surface area contributed by atoms with Crippen molar-refractivity contribution in [2.24, 2.45) is 0 Å². The Morgan fingerprint density at radius 2 is 1.92 bits per heavy atom. The molecule has 6 heteroatoms. The van der Waals surface area contributed by atoms with Crippen molar-refractivity contribution in [3.05, 3.63) is 57.8 Å². The van der Waals surface area contributed by atoms with Gasteiger partial charge in [-0.2, -0.15) is 0 Å². The number of aromatic nitrogens is 2. The Morgan fingerprint density at radius 3 is 2.68 bits per heavy atom. The highest BCUT2D eigenvalue weighted by atomic mass is 19.1. The van der Waals surface area contributed by atoms with Crippen molar-refractivity contribution in [3.63, 3.8) is 0 Å². The highest BCUT2D eigenvalue weighted by molar-refractivity contribution is 5.32. The summed E-state index contributed by atoms with van der Waals surface area (Å²) in [5.74, 6) is 0.797. The number of benzene rings is 1. The number of nitrogens with one attached hydrogen (secondary N) is 1. The quantitative estimate of drug-likeness (QED) is 0.928. The number of likely N-dealkylation sites (tertiary alicyclic amines) is 1. The number of hydrogen-bond donors (Lipinski definition) is 1. The Bertz CT molecular complexity index is 783. The van der Waals surface area contributed by atoms with Crippen LogP contribution in [0.25, 0.3) is 0 Å². The molecule has 132 valence electrons. The maximum atomic E-state index is 13.0. The molecule has 1 N–H and O–H groups in total. The minimum absolute atomic E-state index is 0.0658. The minimum Gasteiger partial charge on any atom is -0.342 e. The van der Waals surface area contributed by atoms with Crippen molar-refractivity contribution in [1.29, 1.82) is 0 Å². The smallest absolute Gasteiger partial charge is 0.252 e. The molecule has 2 aliphatic rings. The van der Waals surface area contributed by atoms with Crippen LogP contribution in [0, 0.1) is 5.82 Å². The number of aromatic amines is 1. The maximum Gasteiger partial charge on any atom is 0.252 e. The van der Waals surface area contributed by atoms with Crippen molar-refractivity contribution < 1.29 is 4.39 Å². The van der Waals surface area contributed by atoms with Crippen LogP contribution in [0.1, 0.15) is 36.4 Å². The summed E-state index contributed by atoms with van der Waals surface area (Å²) in [6.45, 7) is 4.59. The maximum absolute atomic E-state index is 13.0. The van der Waals surface area contributed by atoms with E-state index in [4.69, 9.17) is 4.98 Å². The van der Waals surface area contributed by atoms with Gasteiger partial charge in [0.05, 0.1) is 5.69 Å². The number of halogens is 1. The van der Waals surface area contributed by atoms with Crippen LogP contribution < -0.4 is 10.5 Å². The molecule has 2 aliphatic heterocycles. The van der Waals surface area contributed by atoms with E-state index in [0.29, 0.717) is 0 Å². The van der Waals surface area contributed by atoms with Crippen LogP contribution in [-0.2, 0) is 6.54 Å². The van der Waals surface area contributed by atoms with Gasteiger partial charge >= 0.3 is 0 Å². The molecule has 0 amide bonds. The fraction of sp³-hybridized carbons (Fsp3) is 0.474. The third-order valence-corrected chi connectivity index (χ3v) is 5.16. The summed E-state index contributed by atoms with van der Waals surface area (Å²) in [5.41, 5.74) is 1.94. The molecule has 4 rings (SSSR count). The van der Waals surface area contributed by atoms with E-state index in [2.05, 4.69) is 14.8 Å². The predicted octanol–water partition coefficient (Wildman–Crippen LogP) is 2.50. The molecule has 0 saturated carbocycles. The molecule has 2 aromatic rings. The fourth-order valence-corrected chi connectivity index (χ4v) is 3.82. The zero-order chi connectivity index (χ0) is 17.2. The molecule has 5 nitrogen and oxygen atoms in total. The van der Waals surface area contributed by atoms with E-state index in [1.165, 1.54) is 12.1 Å². The van der Waals surface area contributed by atoms with Gasteiger partial charge in [-0.05, 0) is 43.5 Å². The molecule has 2 fully saturated rings. The molecule has 1 aromatic heterocycles. The number of H-pyrrole nitrogens is 1. The van der Waals surface area contributed by atoms with E-state index >= 15 is 0 Å². The average Bonchev–Trinajstić information content (AvgIpc) is 3.28. The third kappa shape index (κ3) is 3.74. The third-order valence-electron chi connectivity index (χ3n) is 5.16. The van der Waals surface area contributed by atoms with Crippen LogP contribution in [-0.4, -0.2) is 41.0 Å². The first-order chi connectivity index (χ1) is 12.2. The summed E-state index contributed by atoms with van der Waals surface area (Å²) in [4.78, 5) is 24.2. The van der Waals surface area contributed by atoms with Crippen LogP contribution in [0.15, 0.2) is 35.1 Å². The summed E-state index contributed by atoms with van der Waals surface area (Å²) in [5, 5.41) is 0. The first-order valence-corrected chi connectivity index (χ1v) is 9.00. The second kappa shape index (κ2) is 6.96. The molecule has 25 heavy (non-hydrogen) atoms. The molecule has 1 atom stereocenters. The summed E-state index contributed by atoms with van der Waals surface area (Å²) >= 11 is 0. The topological polar surface area (TPSA) is 52.2 Å². The molecule has 3 heterocycles. The molecule has 0 unspecified atom stereocenters. The first kappa shape index (κ1) is 16.3. The lowest BCUT2D eigenvalue weighted by Crippen LogP contribution is -2.25. The molecule has 0 aliphatic carbocycles. The summed E-state index contributed by atoms with van der Waals surface area (Å²) in [6.07, 6.45) is 3.31. The van der Waals surface area contributed by atoms with Gasteiger partial charge in [-0.1, -0.05) is 12.1 Å². The molecule has 1 aromatic carbocycles. The normalized spacial score (nSPS) is 21.2. The Morgan fingerprint density at radius 1 is 1.16 bits per heavy atom. The molecular weight excluding hydrogens is 319 g/mol. The summed E-state index contributed by atoms with van der Waals surface area (Å²) in [6, 6.07) is 8.32. The number of hydrogen-bond acceptors (Lipinski definition) is 4. The van der Waals surface area contributed by atoms with E-state index in [1.54, 1.807) is 6.07 Å². The van der Waals surface area contributed by atoms with E-state index in [0.717, 1.165) is 69.2 Å². The molecule has 2 saturated heterocycles. The van der Waals surface area contributed by atoms with Crippen LogP contribution >= 0.6 is 0 Å². The Labute approximate surface area is 146 Å².